The molecular formula is C8H14O2. The molecule has 2 heteroatoms. The number of ether oxygens (including phenoxy) is 2. The van der Waals surface area contributed by atoms with Crippen molar-refractivity contribution in [2.24, 2.45) is 11.8 Å². The second-order valence-corrected chi connectivity index (χ2v) is 3.78. The quantitative estimate of drug-likeness (QED) is 0.509. The predicted octanol–water partition coefficient (Wildman–Crippen LogP) is 1.41. The second-order valence-electron chi connectivity index (χ2n) is 3.78. The van der Waals surface area contributed by atoms with E-state index in [2.05, 4.69) is 0 Å². The summed E-state index contributed by atoms with van der Waals surface area (Å²) in [5, 5.41) is 0. The highest BCUT2D eigenvalue weighted by molar-refractivity contribution is 4.88. The van der Waals surface area contributed by atoms with E-state index in [0.717, 1.165) is 25.0 Å². The van der Waals surface area contributed by atoms with E-state index in [4.69, 9.17) is 9.47 Å². The zero-order valence-electron chi connectivity index (χ0n) is 6.59. The highest BCUT2D eigenvalue weighted by Crippen LogP contribution is 2.42. The molecule has 2 aliphatic rings. The molecule has 0 unspecified atom stereocenters. The minimum absolute atomic E-state index is 0.326. The lowest BCUT2D eigenvalue weighted by Gasteiger charge is -2.23. The Morgan fingerprint density at radius 3 is 2.10 bits per heavy atom. The van der Waals surface area contributed by atoms with E-state index in [0.29, 0.717) is 0 Å². The standard InChI is InChI=1S/C8H14O2/c1-8(2)9-4-6-3-7(6)5-10-8/h6-7H,3-5H2,1-2H3/t6-,7+. The molecule has 10 heavy (non-hydrogen) atoms. The highest BCUT2D eigenvalue weighted by Gasteiger charge is 2.42. The first-order chi connectivity index (χ1) is 4.67. The zero-order chi connectivity index (χ0) is 7.19. The monoisotopic (exact) mass is 142 g/mol. The Labute approximate surface area is 61.5 Å². The van der Waals surface area contributed by atoms with Crippen molar-refractivity contribution in [3.8, 4) is 0 Å². The molecule has 0 N–H and O–H groups in total. The summed E-state index contributed by atoms with van der Waals surface area (Å²) in [6, 6.07) is 0. The summed E-state index contributed by atoms with van der Waals surface area (Å²) >= 11 is 0. The highest BCUT2D eigenvalue weighted by atomic mass is 16.7. The van der Waals surface area contributed by atoms with Gasteiger partial charge in [-0.15, -0.1) is 0 Å². The van der Waals surface area contributed by atoms with E-state index < -0.39 is 0 Å². The van der Waals surface area contributed by atoms with E-state index in [-0.39, 0.29) is 5.79 Å². The van der Waals surface area contributed by atoms with Gasteiger partial charge in [0.1, 0.15) is 0 Å². The summed E-state index contributed by atoms with van der Waals surface area (Å²) in [5.74, 6) is 1.29. The lowest BCUT2D eigenvalue weighted by molar-refractivity contribution is -0.205. The molecule has 2 fully saturated rings. The average molecular weight is 142 g/mol. The fourth-order valence-corrected chi connectivity index (χ4v) is 1.38. The summed E-state index contributed by atoms with van der Waals surface area (Å²) < 4.78 is 11.0. The molecule has 0 aromatic heterocycles. The lowest BCUT2D eigenvalue weighted by atomic mass is 10.3. The van der Waals surface area contributed by atoms with Crippen LogP contribution in [0.15, 0.2) is 0 Å². The maximum atomic E-state index is 5.52. The van der Waals surface area contributed by atoms with Crippen LogP contribution < -0.4 is 0 Å². The van der Waals surface area contributed by atoms with Crippen LogP contribution in [-0.2, 0) is 9.47 Å². The van der Waals surface area contributed by atoms with Crippen LogP contribution in [-0.4, -0.2) is 19.0 Å². The minimum Gasteiger partial charge on any atom is -0.350 e. The van der Waals surface area contributed by atoms with Gasteiger partial charge in [-0.2, -0.15) is 0 Å². The molecule has 0 amide bonds. The van der Waals surface area contributed by atoms with E-state index in [1.165, 1.54) is 6.42 Å². The molecule has 2 rings (SSSR count). The van der Waals surface area contributed by atoms with Gasteiger partial charge in [0.2, 0.25) is 0 Å². The van der Waals surface area contributed by atoms with Gasteiger partial charge in [-0.05, 0) is 32.1 Å². The Hall–Kier alpha value is -0.0800. The summed E-state index contributed by atoms with van der Waals surface area (Å²) in [5.41, 5.74) is 0. The van der Waals surface area contributed by atoms with Crippen LogP contribution in [0.4, 0.5) is 0 Å². The zero-order valence-corrected chi connectivity index (χ0v) is 6.59. The van der Waals surface area contributed by atoms with E-state index in [1.54, 1.807) is 0 Å². The topological polar surface area (TPSA) is 18.5 Å². The van der Waals surface area contributed by atoms with Crippen LogP contribution in [0.5, 0.6) is 0 Å². The van der Waals surface area contributed by atoms with Gasteiger partial charge in [0, 0.05) is 0 Å². The first-order valence-corrected chi connectivity index (χ1v) is 3.95. The summed E-state index contributed by atoms with van der Waals surface area (Å²) in [4.78, 5) is 0. The maximum absolute atomic E-state index is 5.52. The van der Waals surface area contributed by atoms with Crippen molar-refractivity contribution in [1.29, 1.82) is 0 Å². The van der Waals surface area contributed by atoms with Crippen LogP contribution in [0.1, 0.15) is 20.3 Å². The van der Waals surface area contributed by atoms with Crippen molar-refractivity contribution in [3.05, 3.63) is 0 Å². The van der Waals surface area contributed by atoms with Crippen LogP contribution >= 0.6 is 0 Å². The van der Waals surface area contributed by atoms with E-state index in [9.17, 15) is 0 Å². The minimum atomic E-state index is -0.326. The molecule has 2 atom stereocenters. The molecule has 0 spiro atoms. The van der Waals surface area contributed by atoms with Gasteiger partial charge in [-0.25, -0.2) is 0 Å². The molecule has 0 bridgehead atoms. The van der Waals surface area contributed by atoms with Gasteiger partial charge >= 0.3 is 0 Å². The third-order valence-electron chi connectivity index (χ3n) is 2.36. The van der Waals surface area contributed by atoms with Crippen LogP contribution in [0, 0.1) is 11.8 Å². The molecule has 1 heterocycles. The fraction of sp³-hybridized carbons (Fsp3) is 1.00. The Kier molecular flexibility index (Phi) is 1.29. The normalized spacial score (nSPS) is 43.8. The third kappa shape index (κ3) is 1.18. The molecule has 0 radical (unpaired) electrons. The molecule has 58 valence electrons. The van der Waals surface area contributed by atoms with Crippen molar-refractivity contribution in [1.82, 2.24) is 0 Å². The molecule has 0 aromatic rings. The van der Waals surface area contributed by atoms with Crippen molar-refractivity contribution < 1.29 is 9.47 Å². The smallest absolute Gasteiger partial charge is 0.162 e. The largest absolute Gasteiger partial charge is 0.350 e. The Morgan fingerprint density at radius 2 is 1.60 bits per heavy atom. The van der Waals surface area contributed by atoms with Gasteiger partial charge in [-0.1, -0.05) is 0 Å². The molecule has 1 aliphatic carbocycles. The fourth-order valence-electron chi connectivity index (χ4n) is 1.38. The second kappa shape index (κ2) is 1.95. The van der Waals surface area contributed by atoms with Crippen molar-refractivity contribution in [3.63, 3.8) is 0 Å². The molecule has 1 saturated carbocycles. The SMILES string of the molecule is CC1(C)OC[C@@H]2C[C@@H]2CO1. The number of hydrogen-bond donors (Lipinski definition) is 0. The number of rotatable bonds is 0. The molecule has 1 saturated heterocycles. The van der Waals surface area contributed by atoms with Crippen molar-refractivity contribution in [2.45, 2.75) is 26.1 Å². The van der Waals surface area contributed by atoms with E-state index in [1.807, 2.05) is 13.8 Å². The van der Waals surface area contributed by atoms with Gasteiger partial charge < -0.3 is 9.47 Å². The summed E-state index contributed by atoms with van der Waals surface area (Å²) in [6.07, 6.45) is 1.32. The number of fused-ring (bicyclic) bond motifs is 1. The van der Waals surface area contributed by atoms with Crippen molar-refractivity contribution >= 4 is 0 Å². The third-order valence-corrected chi connectivity index (χ3v) is 2.36. The summed E-state index contributed by atoms with van der Waals surface area (Å²) in [7, 11) is 0. The molecular weight excluding hydrogens is 128 g/mol. The van der Waals surface area contributed by atoms with Crippen LogP contribution in [0.3, 0.4) is 0 Å². The average Bonchev–Trinajstić information content (AvgIpc) is 2.56. The Bertz CT molecular complexity index is 128. The van der Waals surface area contributed by atoms with Gasteiger partial charge in [0.05, 0.1) is 13.2 Å². The Morgan fingerprint density at radius 1 is 1.10 bits per heavy atom. The summed E-state index contributed by atoms with van der Waals surface area (Å²) in [6.45, 7) is 5.77. The Balaban J connectivity index is 1.96. The number of hydrogen-bond acceptors (Lipinski definition) is 2. The predicted molar refractivity (Wildman–Crippen MR) is 37.6 cm³/mol. The molecule has 1 aliphatic heterocycles. The molecule has 2 nitrogen and oxygen atoms in total. The van der Waals surface area contributed by atoms with Gasteiger partial charge in [-0.3, -0.25) is 0 Å². The first kappa shape index (κ1) is 6.62. The van der Waals surface area contributed by atoms with Crippen LogP contribution in [0.2, 0.25) is 0 Å². The van der Waals surface area contributed by atoms with Gasteiger partial charge in [0.15, 0.2) is 5.79 Å². The van der Waals surface area contributed by atoms with Crippen LogP contribution in [0.25, 0.3) is 0 Å². The van der Waals surface area contributed by atoms with Crippen molar-refractivity contribution in [2.75, 3.05) is 13.2 Å². The van der Waals surface area contributed by atoms with Gasteiger partial charge in [0.25, 0.3) is 0 Å². The lowest BCUT2D eigenvalue weighted by Crippen LogP contribution is -2.27. The first-order valence-electron chi connectivity index (χ1n) is 3.95. The maximum Gasteiger partial charge on any atom is 0.162 e. The molecule has 0 aromatic carbocycles. The van der Waals surface area contributed by atoms with E-state index >= 15 is 0 Å².